The van der Waals surface area contributed by atoms with Crippen LogP contribution in [-0.4, -0.2) is 68.6 Å². The van der Waals surface area contributed by atoms with Crippen molar-refractivity contribution in [3.63, 3.8) is 0 Å². The maximum absolute atomic E-state index is 13.6. The van der Waals surface area contributed by atoms with E-state index in [4.69, 9.17) is 9.47 Å². The zero-order valence-electron chi connectivity index (χ0n) is 18.9. The van der Waals surface area contributed by atoms with E-state index >= 15 is 0 Å². The molecule has 11 heteroatoms. The van der Waals surface area contributed by atoms with Crippen LogP contribution in [0.2, 0.25) is 0 Å². The Morgan fingerprint density at radius 1 is 1.12 bits per heavy atom. The molecule has 0 aromatic carbocycles. The minimum atomic E-state index is -4.44. The van der Waals surface area contributed by atoms with Gasteiger partial charge in [-0.05, 0) is 36.3 Å². The number of piperazine rings is 1. The molecule has 0 unspecified atom stereocenters. The maximum Gasteiger partial charge on any atom is 0.417 e. The second-order valence-corrected chi connectivity index (χ2v) is 12.2. The molecule has 5 rings (SSSR count). The van der Waals surface area contributed by atoms with Gasteiger partial charge in [0.05, 0.1) is 24.5 Å². The SMILES string of the molecule is CC1(C)[C@@H]2CC[C@@]1(CS(=O)(=O)N1CCN(c3ccc(C(F)(F)F)cn3)CC1)C1(C2)OCCO1. The third-order valence-electron chi connectivity index (χ3n) is 8.63. The predicted octanol–water partition coefficient (Wildman–Crippen LogP) is 3.12. The van der Waals surface area contributed by atoms with Crippen molar-refractivity contribution in [3.05, 3.63) is 23.9 Å². The first-order chi connectivity index (χ1) is 15.4. The number of halogens is 3. The fourth-order valence-electron chi connectivity index (χ4n) is 6.61. The average molecular weight is 490 g/mol. The normalized spacial score (nSPS) is 31.5. The number of pyridine rings is 1. The van der Waals surface area contributed by atoms with Crippen molar-refractivity contribution in [2.24, 2.45) is 16.7 Å². The van der Waals surface area contributed by atoms with E-state index in [9.17, 15) is 21.6 Å². The minimum absolute atomic E-state index is 0.0119. The van der Waals surface area contributed by atoms with E-state index in [1.165, 1.54) is 10.4 Å². The molecule has 3 heterocycles. The second kappa shape index (κ2) is 7.53. The van der Waals surface area contributed by atoms with Crippen LogP contribution in [0, 0.1) is 16.7 Å². The van der Waals surface area contributed by atoms with Crippen LogP contribution in [0.25, 0.3) is 0 Å². The molecule has 2 bridgehead atoms. The quantitative estimate of drug-likeness (QED) is 0.647. The van der Waals surface area contributed by atoms with Crippen molar-refractivity contribution >= 4 is 15.8 Å². The van der Waals surface area contributed by atoms with Crippen molar-refractivity contribution in [2.75, 3.05) is 50.0 Å². The Hall–Kier alpha value is -1.43. The number of alkyl halides is 3. The van der Waals surface area contributed by atoms with Gasteiger partial charge in [-0.2, -0.15) is 17.5 Å². The Kier molecular flexibility index (Phi) is 5.32. The van der Waals surface area contributed by atoms with Gasteiger partial charge in [0, 0.05) is 44.2 Å². The number of rotatable bonds is 4. The predicted molar refractivity (Wildman–Crippen MR) is 115 cm³/mol. The molecule has 7 nitrogen and oxygen atoms in total. The lowest BCUT2D eigenvalue weighted by molar-refractivity contribution is -0.235. The van der Waals surface area contributed by atoms with E-state index in [-0.39, 0.29) is 24.3 Å². The fraction of sp³-hybridized carbons (Fsp3) is 0.773. The summed E-state index contributed by atoms with van der Waals surface area (Å²) < 4.78 is 79.3. The first-order valence-electron chi connectivity index (χ1n) is 11.4. The lowest BCUT2D eigenvalue weighted by Gasteiger charge is -2.48. The van der Waals surface area contributed by atoms with Gasteiger partial charge in [-0.25, -0.2) is 13.4 Å². The van der Waals surface area contributed by atoms with Crippen molar-refractivity contribution in [3.8, 4) is 0 Å². The molecule has 1 aromatic heterocycles. The number of anilines is 1. The van der Waals surface area contributed by atoms with Crippen LogP contribution in [0.1, 0.15) is 38.7 Å². The molecule has 4 fully saturated rings. The summed E-state index contributed by atoms with van der Waals surface area (Å²) in [7, 11) is -3.60. The molecule has 2 atom stereocenters. The summed E-state index contributed by atoms with van der Waals surface area (Å²) in [5.41, 5.74) is -1.60. The number of hydrogen-bond acceptors (Lipinski definition) is 6. The molecule has 2 saturated carbocycles. The zero-order chi connectivity index (χ0) is 23.7. The first-order valence-corrected chi connectivity index (χ1v) is 13.1. The molecule has 2 aliphatic carbocycles. The van der Waals surface area contributed by atoms with Crippen LogP contribution < -0.4 is 4.90 Å². The van der Waals surface area contributed by atoms with E-state index in [2.05, 4.69) is 18.8 Å². The van der Waals surface area contributed by atoms with Crippen LogP contribution >= 0.6 is 0 Å². The third kappa shape index (κ3) is 3.49. The summed E-state index contributed by atoms with van der Waals surface area (Å²) in [6.45, 7) is 6.54. The zero-order valence-corrected chi connectivity index (χ0v) is 19.7. The Bertz CT molecular complexity index is 1000. The highest BCUT2D eigenvalue weighted by Gasteiger charge is 2.75. The molecular weight excluding hydrogens is 459 g/mol. The summed E-state index contributed by atoms with van der Waals surface area (Å²) in [6.07, 6.45) is -1.14. The smallest absolute Gasteiger partial charge is 0.354 e. The molecule has 1 aromatic rings. The van der Waals surface area contributed by atoms with Gasteiger partial charge in [0.25, 0.3) is 0 Å². The Morgan fingerprint density at radius 2 is 1.79 bits per heavy atom. The van der Waals surface area contributed by atoms with Crippen molar-refractivity contribution in [1.29, 1.82) is 0 Å². The Morgan fingerprint density at radius 3 is 2.33 bits per heavy atom. The molecule has 2 saturated heterocycles. The van der Waals surface area contributed by atoms with Gasteiger partial charge in [-0.1, -0.05) is 13.8 Å². The summed E-state index contributed by atoms with van der Waals surface area (Å²) in [5, 5.41) is 0. The Labute approximate surface area is 192 Å². The monoisotopic (exact) mass is 489 g/mol. The van der Waals surface area contributed by atoms with Gasteiger partial charge >= 0.3 is 6.18 Å². The third-order valence-corrected chi connectivity index (χ3v) is 10.6. The second-order valence-electron chi connectivity index (χ2n) is 10.2. The van der Waals surface area contributed by atoms with Gasteiger partial charge in [0.15, 0.2) is 5.79 Å². The molecule has 33 heavy (non-hydrogen) atoms. The van der Waals surface area contributed by atoms with E-state index in [0.29, 0.717) is 38.0 Å². The highest BCUT2D eigenvalue weighted by Crippen LogP contribution is 2.72. The van der Waals surface area contributed by atoms with Crippen LogP contribution in [0.15, 0.2) is 18.3 Å². The number of hydrogen-bond donors (Lipinski definition) is 0. The van der Waals surface area contributed by atoms with Gasteiger partial charge < -0.3 is 14.4 Å². The highest BCUT2D eigenvalue weighted by atomic mass is 32.2. The molecule has 0 amide bonds. The lowest BCUT2D eigenvalue weighted by atomic mass is 9.68. The number of ether oxygens (including phenoxy) is 2. The van der Waals surface area contributed by atoms with Gasteiger partial charge in [-0.15, -0.1) is 0 Å². The summed E-state index contributed by atoms with van der Waals surface area (Å²) >= 11 is 0. The molecule has 1 spiro atoms. The lowest BCUT2D eigenvalue weighted by Crippen LogP contribution is -2.57. The largest absolute Gasteiger partial charge is 0.417 e. The highest BCUT2D eigenvalue weighted by molar-refractivity contribution is 7.89. The maximum atomic E-state index is 13.6. The standard InChI is InChI=1S/C22H30F3N3O4S/c1-19(2)16-5-6-20(19,21(13-16)31-11-12-32-21)15-33(29,30)28-9-7-27(8-10-28)18-4-3-17(14-26-18)22(23,24)25/h3-4,14,16H,5-13,15H2,1-2H3/t16-,20+/m1/s1. The number of sulfonamides is 1. The number of nitrogens with zero attached hydrogens (tertiary/aromatic N) is 3. The number of fused-ring (bicyclic) bond motifs is 3. The van der Waals surface area contributed by atoms with E-state index in [1.54, 1.807) is 0 Å². The molecule has 0 radical (unpaired) electrons. The molecular formula is C22H30F3N3O4S. The van der Waals surface area contributed by atoms with E-state index < -0.39 is 33.0 Å². The molecule has 0 N–H and O–H groups in total. The summed E-state index contributed by atoms with van der Waals surface area (Å²) in [4.78, 5) is 5.76. The first kappa shape index (κ1) is 23.3. The number of aromatic nitrogens is 1. The topological polar surface area (TPSA) is 72.0 Å². The molecule has 4 aliphatic rings. The fourth-order valence-corrected chi connectivity index (χ4v) is 8.87. The van der Waals surface area contributed by atoms with E-state index in [1.807, 2.05) is 4.90 Å². The Balaban J connectivity index is 1.30. The van der Waals surface area contributed by atoms with Crippen molar-refractivity contribution in [2.45, 2.75) is 45.1 Å². The van der Waals surface area contributed by atoms with Gasteiger partial charge in [0.2, 0.25) is 10.0 Å². The average Bonchev–Trinajstić information content (AvgIpc) is 3.37. The summed E-state index contributed by atoms with van der Waals surface area (Å²) in [5.74, 6) is -0.0465. The minimum Gasteiger partial charge on any atom is -0.354 e. The van der Waals surface area contributed by atoms with Crippen LogP contribution in [0.4, 0.5) is 19.0 Å². The van der Waals surface area contributed by atoms with Crippen LogP contribution in [-0.2, 0) is 25.7 Å². The van der Waals surface area contributed by atoms with Crippen LogP contribution in [0.5, 0.6) is 0 Å². The van der Waals surface area contributed by atoms with Gasteiger partial charge in [-0.3, -0.25) is 0 Å². The molecule has 2 aliphatic heterocycles. The van der Waals surface area contributed by atoms with Crippen LogP contribution in [0.3, 0.4) is 0 Å². The summed E-state index contributed by atoms with van der Waals surface area (Å²) in [6, 6.07) is 2.34. The molecule has 184 valence electrons. The van der Waals surface area contributed by atoms with Crippen molar-refractivity contribution in [1.82, 2.24) is 9.29 Å². The van der Waals surface area contributed by atoms with Crippen molar-refractivity contribution < 1.29 is 31.1 Å². The van der Waals surface area contributed by atoms with E-state index in [0.717, 1.165) is 31.5 Å². The van der Waals surface area contributed by atoms with Gasteiger partial charge in [0.1, 0.15) is 5.82 Å².